The first-order chi connectivity index (χ1) is 14.0. The zero-order valence-corrected chi connectivity index (χ0v) is 18.2. The van der Waals surface area contributed by atoms with E-state index in [1.54, 1.807) is 11.3 Å². The Morgan fingerprint density at radius 2 is 1.86 bits per heavy atom. The summed E-state index contributed by atoms with van der Waals surface area (Å²) in [5.41, 5.74) is 2.17. The molecule has 148 valence electrons. The zero-order valence-electron chi connectivity index (χ0n) is 16.6. The van der Waals surface area contributed by atoms with Crippen LogP contribution in [0.15, 0.2) is 42.5 Å². The smallest absolute Gasteiger partial charge is 0.231 e. The fourth-order valence-corrected chi connectivity index (χ4v) is 5.02. The SMILES string of the molecule is Cc1nc(Cc2cccc3ccccc23)sc1CC(=O)Nc1nnc(C(C)C)s1. The Balaban J connectivity index is 1.46. The van der Waals surface area contributed by atoms with Gasteiger partial charge in [-0.05, 0) is 23.3 Å². The van der Waals surface area contributed by atoms with Gasteiger partial charge < -0.3 is 5.32 Å². The number of nitrogens with one attached hydrogen (secondary N) is 1. The topological polar surface area (TPSA) is 67.8 Å². The molecule has 0 aliphatic carbocycles. The van der Waals surface area contributed by atoms with Crippen LogP contribution in [-0.4, -0.2) is 21.1 Å². The van der Waals surface area contributed by atoms with Gasteiger partial charge in [-0.2, -0.15) is 0 Å². The molecule has 2 aromatic carbocycles. The second-order valence-electron chi connectivity index (χ2n) is 7.26. The molecular formula is C22H22N4OS2. The van der Waals surface area contributed by atoms with E-state index in [2.05, 4.69) is 71.8 Å². The highest BCUT2D eigenvalue weighted by Crippen LogP contribution is 2.26. The first kappa shape index (κ1) is 19.7. The third-order valence-electron chi connectivity index (χ3n) is 4.66. The summed E-state index contributed by atoms with van der Waals surface area (Å²) in [6.45, 7) is 6.09. The van der Waals surface area contributed by atoms with E-state index >= 15 is 0 Å². The van der Waals surface area contributed by atoms with Crippen molar-refractivity contribution in [3.05, 3.63) is 68.6 Å². The molecule has 0 bridgehead atoms. The van der Waals surface area contributed by atoms with E-state index in [1.165, 1.54) is 27.7 Å². The summed E-state index contributed by atoms with van der Waals surface area (Å²) >= 11 is 3.03. The van der Waals surface area contributed by atoms with Gasteiger partial charge in [0.15, 0.2) is 0 Å². The quantitative estimate of drug-likeness (QED) is 0.455. The highest BCUT2D eigenvalue weighted by atomic mass is 32.1. The third kappa shape index (κ3) is 4.52. The zero-order chi connectivity index (χ0) is 20.4. The lowest BCUT2D eigenvalue weighted by Crippen LogP contribution is -2.14. The van der Waals surface area contributed by atoms with Gasteiger partial charge in [0.2, 0.25) is 11.0 Å². The minimum atomic E-state index is -0.0834. The number of fused-ring (bicyclic) bond motifs is 1. The van der Waals surface area contributed by atoms with Gasteiger partial charge >= 0.3 is 0 Å². The summed E-state index contributed by atoms with van der Waals surface area (Å²) in [6, 6.07) is 14.7. The molecule has 5 nitrogen and oxygen atoms in total. The number of benzene rings is 2. The number of hydrogen-bond donors (Lipinski definition) is 1. The van der Waals surface area contributed by atoms with Gasteiger partial charge in [0.25, 0.3) is 0 Å². The first-order valence-electron chi connectivity index (χ1n) is 9.54. The first-order valence-corrected chi connectivity index (χ1v) is 11.2. The maximum atomic E-state index is 12.5. The molecule has 0 spiro atoms. The Hall–Kier alpha value is -2.64. The monoisotopic (exact) mass is 422 g/mol. The molecule has 0 unspecified atom stereocenters. The highest BCUT2D eigenvalue weighted by Gasteiger charge is 2.15. The highest BCUT2D eigenvalue weighted by molar-refractivity contribution is 7.15. The van der Waals surface area contributed by atoms with Crippen LogP contribution in [0.4, 0.5) is 5.13 Å². The maximum absolute atomic E-state index is 12.5. The van der Waals surface area contributed by atoms with Crippen LogP contribution in [0.2, 0.25) is 0 Å². The molecule has 1 amide bonds. The van der Waals surface area contributed by atoms with Crippen molar-refractivity contribution in [3.8, 4) is 0 Å². The molecule has 1 N–H and O–H groups in total. The molecular weight excluding hydrogens is 400 g/mol. The summed E-state index contributed by atoms with van der Waals surface area (Å²) in [4.78, 5) is 18.2. The molecule has 0 aliphatic heterocycles. The van der Waals surface area contributed by atoms with Crippen LogP contribution >= 0.6 is 22.7 Å². The average Bonchev–Trinajstić information content (AvgIpc) is 3.29. The van der Waals surface area contributed by atoms with Crippen molar-refractivity contribution >= 4 is 44.5 Å². The van der Waals surface area contributed by atoms with Gasteiger partial charge in [-0.3, -0.25) is 4.79 Å². The standard InChI is InChI=1S/C22H22N4OS2/c1-13(2)21-25-26-22(29-21)24-19(27)12-18-14(3)23-20(28-18)11-16-9-6-8-15-7-4-5-10-17(15)16/h4-10,13H,11-12H2,1-3H3,(H,24,26,27). The number of nitrogens with zero attached hydrogens (tertiary/aromatic N) is 3. The van der Waals surface area contributed by atoms with Crippen molar-refractivity contribution in [1.82, 2.24) is 15.2 Å². The molecule has 2 aromatic heterocycles. The lowest BCUT2D eigenvalue weighted by Gasteiger charge is -2.04. The van der Waals surface area contributed by atoms with Crippen LogP contribution in [-0.2, 0) is 17.6 Å². The van der Waals surface area contributed by atoms with Gasteiger partial charge in [0.1, 0.15) is 5.01 Å². The van der Waals surface area contributed by atoms with Crippen LogP contribution in [0.5, 0.6) is 0 Å². The molecule has 0 saturated carbocycles. The van der Waals surface area contributed by atoms with E-state index in [-0.39, 0.29) is 5.91 Å². The van der Waals surface area contributed by atoms with Crippen molar-refractivity contribution in [3.63, 3.8) is 0 Å². The van der Waals surface area contributed by atoms with Crippen LogP contribution in [0, 0.1) is 6.92 Å². The summed E-state index contributed by atoms with van der Waals surface area (Å²) in [5.74, 6) is 0.221. The summed E-state index contributed by atoms with van der Waals surface area (Å²) in [6.07, 6.45) is 1.07. The number of aromatic nitrogens is 3. The molecule has 4 aromatic rings. The van der Waals surface area contributed by atoms with Crippen molar-refractivity contribution in [2.75, 3.05) is 5.32 Å². The van der Waals surface area contributed by atoms with E-state index in [9.17, 15) is 4.79 Å². The van der Waals surface area contributed by atoms with E-state index in [1.807, 2.05) is 6.92 Å². The van der Waals surface area contributed by atoms with Crippen LogP contribution in [0.1, 0.15) is 45.9 Å². The lowest BCUT2D eigenvalue weighted by atomic mass is 10.0. The summed E-state index contributed by atoms with van der Waals surface area (Å²) in [7, 11) is 0. The Morgan fingerprint density at radius 3 is 2.66 bits per heavy atom. The minimum Gasteiger partial charge on any atom is -0.300 e. The van der Waals surface area contributed by atoms with Crippen LogP contribution < -0.4 is 5.32 Å². The maximum Gasteiger partial charge on any atom is 0.231 e. The van der Waals surface area contributed by atoms with Gasteiger partial charge in [-0.1, -0.05) is 67.6 Å². The van der Waals surface area contributed by atoms with Gasteiger partial charge in [-0.25, -0.2) is 4.98 Å². The molecule has 7 heteroatoms. The molecule has 0 radical (unpaired) electrons. The Bertz CT molecular complexity index is 1160. The summed E-state index contributed by atoms with van der Waals surface area (Å²) in [5, 5.41) is 16.0. The molecule has 0 fully saturated rings. The minimum absolute atomic E-state index is 0.0834. The van der Waals surface area contributed by atoms with Crippen molar-refractivity contribution in [2.24, 2.45) is 0 Å². The average molecular weight is 423 g/mol. The third-order valence-corrected chi connectivity index (χ3v) is 6.96. The van der Waals surface area contributed by atoms with Crippen molar-refractivity contribution in [1.29, 1.82) is 0 Å². The molecule has 2 heterocycles. The Labute approximate surface area is 177 Å². The van der Waals surface area contributed by atoms with Crippen molar-refractivity contribution < 1.29 is 4.79 Å². The number of carbonyl (C=O) groups excluding carboxylic acids is 1. The second-order valence-corrected chi connectivity index (χ2v) is 9.43. The van der Waals surface area contributed by atoms with E-state index in [0.29, 0.717) is 17.5 Å². The number of hydrogen-bond acceptors (Lipinski definition) is 6. The van der Waals surface area contributed by atoms with Gasteiger partial charge in [0, 0.05) is 17.2 Å². The molecule has 0 saturated heterocycles. The van der Waals surface area contributed by atoms with Gasteiger partial charge in [-0.15, -0.1) is 21.5 Å². The number of thiazole rings is 1. The summed E-state index contributed by atoms with van der Waals surface area (Å²) < 4.78 is 0. The number of amides is 1. The molecule has 4 rings (SSSR count). The van der Waals surface area contributed by atoms with Crippen LogP contribution in [0.3, 0.4) is 0 Å². The fraction of sp³-hybridized carbons (Fsp3) is 0.273. The van der Waals surface area contributed by atoms with E-state index in [0.717, 1.165) is 27.0 Å². The Morgan fingerprint density at radius 1 is 1.07 bits per heavy atom. The van der Waals surface area contributed by atoms with E-state index in [4.69, 9.17) is 4.98 Å². The predicted octanol–water partition coefficient (Wildman–Crippen LogP) is 5.35. The Kier molecular flexibility index (Phi) is 5.69. The number of aryl methyl sites for hydroxylation is 1. The largest absolute Gasteiger partial charge is 0.300 e. The predicted molar refractivity (Wildman–Crippen MR) is 120 cm³/mol. The number of carbonyl (C=O) groups is 1. The second kappa shape index (κ2) is 8.39. The fourth-order valence-electron chi connectivity index (χ4n) is 3.17. The van der Waals surface area contributed by atoms with E-state index < -0.39 is 0 Å². The molecule has 0 atom stereocenters. The van der Waals surface area contributed by atoms with Crippen LogP contribution in [0.25, 0.3) is 10.8 Å². The molecule has 0 aliphatic rings. The normalized spacial score (nSPS) is 11.3. The van der Waals surface area contributed by atoms with Crippen molar-refractivity contribution in [2.45, 2.75) is 39.5 Å². The van der Waals surface area contributed by atoms with Gasteiger partial charge in [0.05, 0.1) is 17.1 Å². The number of rotatable bonds is 6. The number of anilines is 1. The lowest BCUT2D eigenvalue weighted by molar-refractivity contribution is -0.115. The molecule has 29 heavy (non-hydrogen) atoms.